The number of carbonyl (C=O) groups excluding carboxylic acids is 6. The lowest BCUT2D eigenvalue weighted by Crippen LogP contribution is -2.61. The minimum atomic E-state index is -1.42. The molecule has 0 radical (unpaired) electrons. The van der Waals surface area contributed by atoms with Gasteiger partial charge in [-0.05, 0) is 0 Å². The van der Waals surface area contributed by atoms with Crippen LogP contribution in [-0.4, -0.2) is 79.0 Å². The molecule has 2 aliphatic rings. The van der Waals surface area contributed by atoms with E-state index in [9.17, 15) is 28.8 Å². The molecule has 1 saturated heterocycles. The lowest BCUT2D eigenvalue weighted by molar-refractivity contribution is -0.237. The number of fused-ring (bicyclic) bond motifs is 1. The number of esters is 4. The van der Waals surface area contributed by atoms with Crippen molar-refractivity contribution in [2.45, 2.75) is 57.5 Å². The van der Waals surface area contributed by atoms with Crippen LogP contribution in [0.15, 0.2) is 34.9 Å². The first-order chi connectivity index (χ1) is 17.9. The van der Waals surface area contributed by atoms with Crippen LogP contribution in [0.5, 0.6) is 0 Å². The highest BCUT2D eigenvalue weighted by molar-refractivity contribution is 8.04. The van der Waals surface area contributed by atoms with Crippen molar-refractivity contribution >= 4 is 47.2 Å². The first-order valence-corrected chi connectivity index (χ1v) is 12.3. The molecular formula is C25H26O12S. The minimum Gasteiger partial charge on any atom is -0.491 e. The third-order valence-corrected chi connectivity index (χ3v) is 6.64. The van der Waals surface area contributed by atoms with Gasteiger partial charge in [-0.15, -0.1) is 0 Å². The second kappa shape index (κ2) is 12.2. The van der Waals surface area contributed by atoms with Gasteiger partial charge in [0.25, 0.3) is 0 Å². The Kier molecular flexibility index (Phi) is 9.28. The summed E-state index contributed by atoms with van der Waals surface area (Å²) >= 11 is 0.702. The number of rotatable bonds is 8. The molecule has 204 valence electrons. The Morgan fingerprint density at radius 1 is 0.789 bits per heavy atom. The molecule has 5 atom stereocenters. The number of ketones is 2. The highest BCUT2D eigenvalue weighted by Crippen LogP contribution is 2.41. The fraction of sp³-hybridized carbons (Fsp3) is 0.440. The summed E-state index contributed by atoms with van der Waals surface area (Å²) in [6, 6.07) is 6.17. The maximum atomic E-state index is 13.4. The van der Waals surface area contributed by atoms with Gasteiger partial charge in [-0.3, -0.25) is 28.8 Å². The van der Waals surface area contributed by atoms with Gasteiger partial charge >= 0.3 is 23.9 Å². The molecule has 1 aromatic carbocycles. The number of ether oxygens (including phenoxy) is 6. The summed E-state index contributed by atoms with van der Waals surface area (Å²) in [6.45, 7) is 4.03. The summed E-state index contributed by atoms with van der Waals surface area (Å²) in [7, 11) is 1.22. The molecule has 0 spiro atoms. The average Bonchev–Trinajstić information content (AvgIpc) is 2.84. The van der Waals surface area contributed by atoms with E-state index in [0.717, 1.165) is 27.7 Å². The van der Waals surface area contributed by atoms with Gasteiger partial charge in [0.1, 0.15) is 23.1 Å². The SMILES string of the molecule is COC1=C(S[C@@H]2O[C@@H](COC(C)=O)[C@@H](OC(C)=O)[C@H](OC(C)=O)[C@H]2OC(C)=O)C(=O)c2ccccc2C1=O. The molecule has 1 aliphatic heterocycles. The fourth-order valence-corrected chi connectivity index (χ4v) is 5.30. The maximum absolute atomic E-state index is 13.4. The fourth-order valence-electron chi connectivity index (χ4n) is 4.02. The summed E-state index contributed by atoms with van der Waals surface area (Å²) in [4.78, 5) is 73.8. The molecule has 0 aromatic heterocycles. The standard InChI is InChI=1S/C25H26O12S/c1-11(26)33-10-17-20(34-12(2)27)22(35-13(3)28)23(36-14(4)29)25(37-17)38-24-19(31)16-9-7-6-8-15(16)18(30)21(24)32-5/h6-9,17,20,22-23,25H,10H2,1-5H3/t17-,20+,22-,23+,25-/m0/s1. The normalized spacial score (nSPS) is 24.7. The van der Waals surface area contributed by atoms with Crippen LogP contribution < -0.4 is 0 Å². The second-order valence-corrected chi connectivity index (χ2v) is 9.36. The van der Waals surface area contributed by atoms with Crippen LogP contribution in [0, 0.1) is 0 Å². The van der Waals surface area contributed by atoms with E-state index < -0.39 is 71.9 Å². The third kappa shape index (κ3) is 6.40. The maximum Gasteiger partial charge on any atom is 0.303 e. The molecule has 3 rings (SSSR count). The average molecular weight is 551 g/mol. The van der Waals surface area contributed by atoms with Crippen LogP contribution in [-0.2, 0) is 47.6 Å². The van der Waals surface area contributed by atoms with Crippen molar-refractivity contribution in [2.75, 3.05) is 13.7 Å². The highest BCUT2D eigenvalue weighted by atomic mass is 32.2. The summed E-state index contributed by atoms with van der Waals surface area (Å²) in [6.07, 6.45) is -5.38. The van der Waals surface area contributed by atoms with Crippen molar-refractivity contribution in [2.24, 2.45) is 0 Å². The van der Waals surface area contributed by atoms with E-state index in [1.807, 2.05) is 0 Å². The zero-order chi connectivity index (χ0) is 28.1. The summed E-state index contributed by atoms with van der Waals surface area (Å²) in [5, 5.41) is 0. The largest absolute Gasteiger partial charge is 0.491 e. The number of hydrogen-bond acceptors (Lipinski definition) is 13. The third-order valence-electron chi connectivity index (χ3n) is 5.42. The van der Waals surface area contributed by atoms with E-state index in [2.05, 4.69) is 0 Å². The Morgan fingerprint density at radius 2 is 1.32 bits per heavy atom. The number of benzene rings is 1. The van der Waals surface area contributed by atoms with Crippen LogP contribution in [0.4, 0.5) is 0 Å². The van der Waals surface area contributed by atoms with Crippen LogP contribution >= 0.6 is 11.8 Å². The van der Waals surface area contributed by atoms with E-state index in [4.69, 9.17) is 28.4 Å². The molecule has 1 fully saturated rings. The first-order valence-electron chi connectivity index (χ1n) is 11.4. The predicted molar refractivity (Wildman–Crippen MR) is 129 cm³/mol. The van der Waals surface area contributed by atoms with Crippen LogP contribution in [0.25, 0.3) is 0 Å². The molecule has 0 amide bonds. The second-order valence-electron chi connectivity index (χ2n) is 8.25. The summed E-state index contributed by atoms with van der Waals surface area (Å²) in [5.74, 6) is -4.38. The topological polar surface area (TPSA) is 158 Å². The zero-order valence-electron chi connectivity index (χ0n) is 21.2. The van der Waals surface area contributed by atoms with E-state index in [-0.39, 0.29) is 21.8 Å². The Hall–Kier alpha value is -3.71. The molecule has 1 aromatic rings. The van der Waals surface area contributed by atoms with E-state index >= 15 is 0 Å². The smallest absolute Gasteiger partial charge is 0.303 e. The van der Waals surface area contributed by atoms with Crippen molar-refractivity contribution in [3.8, 4) is 0 Å². The van der Waals surface area contributed by atoms with Gasteiger partial charge in [-0.25, -0.2) is 0 Å². The van der Waals surface area contributed by atoms with Gasteiger partial charge in [-0.2, -0.15) is 0 Å². The quantitative estimate of drug-likeness (QED) is 0.341. The molecule has 13 heteroatoms. The summed E-state index contributed by atoms with van der Waals surface area (Å²) < 4.78 is 32.5. The van der Waals surface area contributed by atoms with Crippen LogP contribution in [0.2, 0.25) is 0 Å². The first kappa shape index (κ1) is 28.9. The van der Waals surface area contributed by atoms with Crippen LogP contribution in [0.1, 0.15) is 48.4 Å². The Morgan fingerprint density at radius 3 is 1.84 bits per heavy atom. The molecule has 0 unspecified atom stereocenters. The molecule has 0 N–H and O–H groups in total. The van der Waals surface area contributed by atoms with E-state index in [1.54, 1.807) is 12.1 Å². The van der Waals surface area contributed by atoms with Crippen molar-refractivity contribution in [1.82, 2.24) is 0 Å². The molecule has 1 aliphatic carbocycles. The van der Waals surface area contributed by atoms with Crippen LogP contribution in [0.3, 0.4) is 0 Å². The number of methoxy groups -OCH3 is 1. The minimum absolute atomic E-state index is 0.131. The Labute approximate surface area is 221 Å². The van der Waals surface area contributed by atoms with Crippen molar-refractivity contribution < 1.29 is 57.2 Å². The molecular weight excluding hydrogens is 524 g/mol. The molecule has 0 saturated carbocycles. The number of allylic oxidation sites excluding steroid dienone is 2. The van der Waals surface area contributed by atoms with Gasteiger partial charge in [0.2, 0.25) is 11.6 Å². The monoisotopic (exact) mass is 550 g/mol. The van der Waals surface area contributed by atoms with Crippen molar-refractivity contribution in [3.05, 3.63) is 46.1 Å². The zero-order valence-corrected chi connectivity index (χ0v) is 22.0. The molecule has 1 heterocycles. The van der Waals surface area contributed by atoms with Gasteiger partial charge in [0.05, 0.1) is 7.11 Å². The van der Waals surface area contributed by atoms with Gasteiger partial charge < -0.3 is 28.4 Å². The summed E-state index contributed by atoms with van der Waals surface area (Å²) in [5.41, 5.74) is -1.01. The lowest BCUT2D eigenvalue weighted by atomic mass is 9.93. The van der Waals surface area contributed by atoms with Crippen molar-refractivity contribution in [3.63, 3.8) is 0 Å². The molecule has 12 nitrogen and oxygen atoms in total. The number of carbonyl (C=O) groups is 6. The van der Waals surface area contributed by atoms with Gasteiger partial charge in [0.15, 0.2) is 24.1 Å². The van der Waals surface area contributed by atoms with E-state index in [1.165, 1.54) is 19.2 Å². The molecule has 0 bridgehead atoms. The predicted octanol–water partition coefficient (Wildman–Crippen LogP) is 1.74. The Balaban J connectivity index is 2.09. The number of hydrogen-bond donors (Lipinski definition) is 0. The lowest BCUT2D eigenvalue weighted by Gasteiger charge is -2.44. The van der Waals surface area contributed by atoms with Gasteiger partial charge in [-0.1, -0.05) is 36.0 Å². The number of Topliss-reactive ketones (excluding diaryl/α,β-unsaturated/α-hetero) is 2. The highest BCUT2D eigenvalue weighted by Gasteiger charge is 2.53. The Bertz CT molecular complexity index is 1190. The molecule has 38 heavy (non-hydrogen) atoms. The number of thioether (sulfide) groups is 1. The van der Waals surface area contributed by atoms with Crippen molar-refractivity contribution in [1.29, 1.82) is 0 Å². The van der Waals surface area contributed by atoms with E-state index in [0.29, 0.717) is 11.8 Å². The van der Waals surface area contributed by atoms with Gasteiger partial charge in [0, 0.05) is 38.8 Å².